The van der Waals surface area contributed by atoms with Gasteiger partial charge >= 0.3 is 5.97 Å². The first kappa shape index (κ1) is 10.9. The van der Waals surface area contributed by atoms with Gasteiger partial charge < -0.3 is 5.11 Å². The first-order valence-corrected chi connectivity index (χ1v) is 5.77. The number of aliphatic carboxylic acids is 1. The lowest BCUT2D eigenvalue weighted by Crippen LogP contribution is -2.31. The van der Waals surface area contributed by atoms with Gasteiger partial charge in [-0.05, 0) is 6.92 Å². The molecule has 0 aromatic carbocycles. The lowest BCUT2D eigenvalue weighted by atomic mass is 10.5. The number of carboxylic acids is 1. The highest BCUT2D eigenvalue weighted by atomic mass is 32.2. The molecule has 0 saturated heterocycles. The molecule has 14 heavy (non-hydrogen) atoms. The Morgan fingerprint density at radius 2 is 2.36 bits per heavy atom. The Hall–Kier alpha value is -1.22. The van der Waals surface area contributed by atoms with Crippen LogP contribution < -0.4 is 4.72 Å². The van der Waals surface area contributed by atoms with E-state index in [2.05, 4.69) is 14.3 Å². The zero-order chi connectivity index (χ0) is 10.8. The number of aromatic nitrogens is 2. The Balaban J connectivity index is 2.83. The summed E-state index contributed by atoms with van der Waals surface area (Å²) in [6.45, 7) is 1.08. The normalized spacial score (nSPS) is 13.5. The van der Waals surface area contributed by atoms with E-state index in [0.29, 0.717) is 0 Å². The first-order valence-electron chi connectivity index (χ1n) is 3.45. The maximum Gasteiger partial charge on any atom is 0.323 e. The van der Waals surface area contributed by atoms with Crippen molar-refractivity contribution in [3.05, 3.63) is 6.20 Å². The highest BCUT2D eigenvalue weighted by Crippen LogP contribution is 2.13. The number of nitrogens with one attached hydrogen (secondary N) is 1. The molecule has 0 aliphatic heterocycles. The molecule has 0 fully saturated rings. The second kappa shape index (κ2) is 3.88. The standard InChI is InChI=1S/C5H7N3O4S2/c1-3(5(9)10)14(11,12)7-4-2-6-8-13-4/h2-3,7H,1H3,(H,9,10). The van der Waals surface area contributed by atoms with E-state index in [9.17, 15) is 13.2 Å². The molecule has 0 aliphatic rings. The molecule has 0 bridgehead atoms. The molecule has 0 saturated carbocycles. The van der Waals surface area contributed by atoms with E-state index in [1.165, 1.54) is 6.20 Å². The second-order valence-corrected chi connectivity index (χ2v) is 5.20. The summed E-state index contributed by atoms with van der Waals surface area (Å²) >= 11 is 0.835. The first-order chi connectivity index (χ1) is 6.43. The van der Waals surface area contributed by atoms with E-state index in [0.717, 1.165) is 18.5 Å². The van der Waals surface area contributed by atoms with Gasteiger partial charge in [0.15, 0.2) is 5.25 Å². The summed E-state index contributed by atoms with van der Waals surface area (Å²) in [5, 5.41) is 10.6. The Morgan fingerprint density at radius 3 is 2.79 bits per heavy atom. The fourth-order valence-electron chi connectivity index (χ4n) is 0.573. The topological polar surface area (TPSA) is 109 Å². The van der Waals surface area contributed by atoms with E-state index in [1.54, 1.807) is 0 Å². The molecular weight excluding hydrogens is 230 g/mol. The van der Waals surface area contributed by atoms with Gasteiger partial charge in [0.1, 0.15) is 5.00 Å². The van der Waals surface area contributed by atoms with Gasteiger partial charge in [-0.25, -0.2) is 8.42 Å². The number of hydrogen-bond donors (Lipinski definition) is 2. The summed E-state index contributed by atoms with van der Waals surface area (Å²) in [4.78, 5) is 10.4. The Bertz CT molecular complexity index is 412. The van der Waals surface area contributed by atoms with Crippen LogP contribution in [-0.2, 0) is 14.8 Å². The van der Waals surface area contributed by atoms with Gasteiger partial charge in [-0.1, -0.05) is 4.49 Å². The van der Waals surface area contributed by atoms with Crippen molar-refractivity contribution in [2.24, 2.45) is 0 Å². The Labute approximate surface area is 84.0 Å². The number of hydrogen-bond acceptors (Lipinski definition) is 6. The maximum absolute atomic E-state index is 11.3. The van der Waals surface area contributed by atoms with Crippen LogP contribution in [0.15, 0.2) is 6.20 Å². The van der Waals surface area contributed by atoms with E-state index in [1.807, 2.05) is 0 Å². The molecule has 1 heterocycles. The summed E-state index contributed by atoms with van der Waals surface area (Å²) in [7, 11) is -3.90. The highest BCUT2D eigenvalue weighted by Gasteiger charge is 2.27. The van der Waals surface area contributed by atoms with Gasteiger partial charge in [0.2, 0.25) is 10.0 Å². The number of sulfonamides is 1. The SMILES string of the molecule is CC(C(=O)O)S(=O)(=O)Nc1cnns1. The fraction of sp³-hybridized carbons (Fsp3) is 0.400. The van der Waals surface area contributed by atoms with Crippen LogP contribution in [0.2, 0.25) is 0 Å². The van der Waals surface area contributed by atoms with Crippen molar-refractivity contribution in [2.75, 3.05) is 4.72 Å². The van der Waals surface area contributed by atoms with E-state index in [4.69, 9.17) is 5.11 Å². The Morgan fingerprint density at radius 1 is 1.71 bits per heavy atom. The molecule has 78 valence electrons. The molecule has 1 unspecified atom stereocenters. The van der Waals surface area contributed by atoms with Crippen molar-refractivity contribution in [3.63, 3.8) is 0 Å². The Kier molecular flexibility index (Phi) is 3.01. The van der Waals surface area contributed by atoms with Gasteiger partial charge in [-0.15, -0.1) is 5.10 Å². The fourth-order valence-corrected chi connectivity index (χ4v) is 2.12. The molecule has 0 amide bonds. The summed E-state index contributed by atoms with van der Waals surface area (Å²) in [6.07, 6.45) is 1.21. The predicted octanol–water partition coefficient (Wildman–Crippen LogP) is -0.247. The number of nitrogens with zero attached hydrogens (tertiary/aromatic N) is 2. The van der Waals surface area contributed by atoms with Crippen LogP contribution in [0.3, 0.4) is 0 Å². The highest BCUT2D eigenvalue weighted by molar-refractivity contribution is 7.94. The van der Waals surface area contributed by atoms with Gasteiger partial charge in [-0.3, -0.25) is 9.52 Å². The third-order valence-corrected chi connectivity index (χ3v) is 3.76. The number of anilines is 1. The lowest BCUT2D eigenvalue weighted by molar-refractivity contribution is -0.136. The third-order valence-electron chi connectivity index (χ3n) is 1.42. The summed E-state index contributed by atoms with van der Waals surface area (Å²) in [5.74, 6) is -1.41. The van der Waals surface area contributed by atoms with E-state index in [-0.39, 0.29) is 5.00 Å². The van der Waals surface area contributed by atoms with Crippen LogP contribution in [0, 0.1) is 0 Å². The third kappa shape index (κ3) is 2.39. The summed E-state index contributed by atoms with van der Waals surface area (Å²) in [5.41, 5.74) is 0. The molecule has 0 spiro atoms. The largest absolute Gasteiger partial charge is 0.480 e. The van der Waals surface area contributed by atoms with Crippen molar-refractivity contribution >= 4 is 32.5 Å². The lowest BCUT2D eigenvalue weighted by Gasteiger charge is -2.08. The molecule has 0 radical (unpaired) electrons. The monoisotopic (exact) mass is 237 g/mol. The number of carbonyl (C=O) groups is 1. The minimum atomic E-state index is -3.90. The van der Waals surface area contributed by atoms with Crippen molar-refractivity contribution in [2.45, 2.75) is 12.2 Å². The molecular formula is C5H7N3O4S2. The van der Waals surface area contributed by atoms with Crippen LogP contribution in [0.4, 0.5) is 5.00 Å². The molecule has 1 aromatic rings. The van der Waals surface area contributed by atoms with Crippen molar-refractivity contribution in [1.29, 1.82) is 0 Å². The van der Waals surface area contributed by atoms with Crippen LogP contribution >= 0.6 is 11.5 Å². The average molecular weight is 237 g/mol. The van der Waals surface area contributed by atoms with Crippen LogP contribution in [0.1, 0.15) is 6.92 Å². The van der Waals surface area contributed by atoms with E-state index < -0.39 is 21.2 Å². The molecule has 2 N–H and O–H groups in total. The van der Waals surface area contributed by atoms with Gasteiger partial charge in [0.25, 0.3) is 0 Å². The molecule has 1 rings (SSSR count). The quantitative estimate of drug-likeness (QED) is 0.747. The summed E-state index contributed by atoms with van der Waals surface area (Å²) in [6, 6.07) is 0. The molecule has 7 nitrogen and oxygen atoms in total. The van der Waals surface area contributed by atoms with Gasteiger partial charge in [-0.2, -0.15) is 0 Å². The van der Waals surface area contributed by atoms with Gasteiger partial charge in [0, 0.05) is 11.5 Å². The minimum absolute atomic E-state index is 0.193. The average Bonchev–Trinajstić information content (AvgIpc) is 2.54. The minimum Gasteiger partial charge on any atom is -0.480 e. The van der Waals surface area contributed by atoms with Gasteiger partial charge in [0.05, 0.1) is 6.20 Å². The maximum atomic E-state index is 11.3. The molecule has 1 atom stereocenters. The summed E-state index contributed by atoms with van der Waals surface area (Å²) < 4.78 is 28.1. The number of carboxylic acid groups (broad SMARTS) is 1. The number of rotatable bonds is 4. The van der Waals surface area contributed by atoms with Crippen LogP contribution in [0.5, 0.6) is 0 Å². The zero-order valence-electron chi connectivity index (χ0n) is 7.04. The van der Waals surface area contributed by atoms with E-state index >= 15 is 0 Å². The van der Waals surface area contributed by atoms with Crippen molar-refractivity contribution in [1.82, 2.24) is 9.59 Å². The second-order valence-electron chi connectivity index (χ2n) is 2.41. The zero-order valence-corrected chi connectivity index (χ0v) is 8.67. The molecule has 9 heteroatoms. The molecule has 1 aromatic heterocycles. The van der Waals surface area contributed by atoms with Crippen molar-refractivity contribution < 1.29 is 18.3 Å². The van der Waals surface area contributed by atoms with Crippen LogP contribution in [-0.4, -0.2) is 34.3 Å². The smallest absolute Gasteiger partial charge is 0.323 e. The van der Waals surface area contributed by atoms with Crippen LogP contribution in [0.25, 0.3) is 0 Å². The molecule has 0 aliphatic carbocycles. The van der Waals surface area contributed by atoms with Crippen molar-refractivity contribution in [3.8, 4) is 0 Å². The predicted molar refractivity (Wildman–Crippen MR) is 49.5 cm³/mol.